The molecule has 0 N–H and O–H groups in total. The fourth-order valence-electron chi connectivity index (χ4n) is 2.42. The summed E-state index contributed by atoms with van der Waals surface area (Å²) in [5.41, 5.74) is 0.669. The Hall–Kier alpha value is -0.900. The Bertz CT molecular complexity index is 352. The van der Waals surface area contributed by atoms with Gasteiger partial charge in [-0.15, -0.1) is 0 Å². The van der Waals surface area contributed by atoms with Crippen molar-refractivity contribution >= 4 is 0 Å². The molecule has 4 heteroatoms. The highest BCUT2D eigenvalue weighted by molar-refractivity contribution is 5.02. The maximum atomic E-state index is 13.2. The monoisotopic (exact) mass is 255 g/mol. The number of rotatable bonds is 2. The second-order valence-corrected chi connectivity index (χ2v) is 4.88. The third-order valence-corrected chi connectivity index (χ3v) is 3.56. The molecule has 0 spiro atoms. The number of likely N-dealkylation sites (tertiary alicyclic amines) is 1. The first-order valence-corrected chi connectivity index (χ1v) is 7.03. The van der Waals surface area contributed by atoms with Gasteiger partial charge in [-0.25, -0.2) is 4.39 Å². The number of hydrogen-bond acceptors (Lipinski definition) is 2. The molecule has 0 amide bonds. The zero-order valence-corrected chi connectivity index (χ0v) is 12.3. The lowest BCUT2D eigenvalue weighted by atomic mass is 10.0. The highest BCUT2D eigenvalue weighted by atomic mass is 19.1. The van der Waals surface area contributed by atoms with Gasteiger partial charge in [-0.05, 0) is 33.6 Å². The minimum absolute atomic E-state index is 0.189. The molecule has 0 radical (unpaired) electrons. The first kappa shape index (κ1) is 15.2. The maximum absolute atomic E-state index is 13.2. The van der Waals surface area contributed by atoms with Crippen molar-refractivity contribution in [1.82, 2.24) is 14.7 Å². The number of aromatic nitrogens is 2. The Labute approximate surface area is 110 Å². The smallest absolute Gasteiger partial charge is 0.163 e. The van der Waals surface area contributed by atoms with Crippen LogP contribution in [0.3, 0.4) is 0 Å². The summed E-state index contributed by atoms with van der Waals surface area (Å²) in [7, 11) is 0. The van der Waals surface area contributed by atoms with Crippen LogP contribution in [0.2, 0.25) is 0 Å². The van der Waals surface area contributed by atoms with Crippen LogP contribution in [0, 0.1) is 12.7 Å². The molecule has 1 aromatic rings. The second kappa shape index (κ2) is 6.88. The highest BCUT2D eigenvalue weighted by Crippen LogP contribution is 2.24. The van der Waals surface area contributed by atoms with Crippen LogP contribution in [0.4, 0.5) is 4.39 Å². The number of halogens is 1. The Morgan fingerprint density at radius 3 is 2.22 bits per heavy atom. The highest BCUT2D eigenvalue weighted by Gasteiger charge is 2.23. The number of nitrogens with zero attached hydrogens (tertiary/aromatic N) is 3. The molecule has 0 saturated carbocycles. The zero-order valence-electron chi connectivity index (χ0n) is 12.3. The van der Waals surface area contributed by atoms with Gasteiger partial charge >= 0.3 is 0 Å². The average molecular weight is 255 g/mol. The summed E-state index contributed by atoms with van der Waals surface area (Å²) in [6.45, 7) is 12.4. The topological polar surface area (TPSA) is 21.1 Å². The SMILES string of the molecule is CC.Cc1c(F)cnn1C1CCN(C(C)C)CC1. The van der Waals surface area contributed by atoms with E-state index in [0.717, 1.165) is 25.9 Å². The quantitative estimate of drug-likeness (QED) is 0.807. The molecule has 1 saturated heterocycles. The average Bonchev–Trinajstić information content (AvgIpc) is 2.73. The van der Waals surface area contributed by atoms with E-state index in [9.17, 15) is 4.39 Å². The van der Waals surface area contributed by atoms with Crippen LogP contribution in [0.25, 0.3) is 0 Å². The van der Waals surface area contributed by atoms with E-state index >= 15 is 0 Å². The van der Waals surface area contributed by atoms with Gasteiger partial charge < -0.3 is 4.90 Å². The third-order valence-electron chi connectivity index (χ3n) is 3.56. The molecule has 0 unspecified atom stereocenters. The molecule has 18 heavy (non-hydrogen) atoms. The van der Waals surface area contributed by atoms with Crippen LogP contribution in [-0.4, -0.2) is 33.8 Å². The van der Waals surface area contributed by atoms with E-state index in [1.54, 1.807) is 6.92 Å². The summed E-state index contributed by atoms with van der Waals surface area (Å²) >= 11 is 0. The van der Waals surface area contributed by atoms with Gasteiger partial charge in [0.2, 0.25) is 0 Å². The summed E-state index contributed by atoms with van der Waals surface area (Å²) in [6, 6.07) is 0.982. The van der Waals surface area contributed by atoms with Gasteiger partial charge in [0.25, 0.3) is 0 Å². The van der Waals surface area contributed by atoms with E-state index in [1.165, 1.54) is 6.20 Å². The predicted molar refractivity (Wildman–Crippen MR) is 73.3 cm³/mol. The van der Waals surface area contributed by atoms with Gasteiger partial charge in [-0.2, -0.15) is 5.10 Å². The van der Waals surface area contributed by atoms with Gasteiger partial charge in [-0.1, -0.05) is 13.8 Å². The van der Waals surface area contributed by atoms with Crippen LogP contribution >= 0.6 is 0 Å². The molecule has 2 rings (SSSR count). The molecule has 0 atom stereocenters. The lowest BCUT2D eigenvalue weighted by Crippen LogP contribution is -2.39. The van der Waals surface area contributed by atoms with E-state index in [1.807, 2.05) is 18.5 Å². The first-order valence-electron chi connectivity index (χ1n) is 7.03. The number of piperidine rings is 1. The van der Waals surface area contributed by atoms with Gasteiger partial charge in [-0.3, -0.25) is 4.68 Å². The van der Waals surface area contributed by atoms with E-state index in [2.05, 4.69) is 23.8 Å². The predicted octanol–water partition coefficient (Wildman–Crippen LogP) is 3.40. The van der Waals surface area contributed by atoms with Crippen molar-refractivity contribution in [3.63, 3.8) is 0 Å². The zero-order chi connectivity index (χ0) is 13.7. The summed E-state index contributed by atoms with van der Waals surface area (Å²) < 4.78 is 15.1. The minimum Gasteiger partial charge on any atom is -0.301 e. The molecule has 1 aliphatic rings. The second-order valence-electron chi connectivity index (χ2n) is 4.88. The van der Waals surface area contributed by atoms with Crippen molar-refractivity contribution in [3.05, 3.63) is 17.7 Å². The Balaban J connectivity index is 0.000000771. The van der Waals surface area contributed by atoms with E-state index in [4.69, 9.17) is 0 Å². The molecule has 3 nitrogen and oxygen atoms in total. The Kier molecular flexibility index (Phi) is 5.79. The molecule has 1 aromatic heterocycles. The summed E-state index contributed by atoms with van der Waals surface area (Å²) in [5, 5.41) is 4.13. The Morgan fingerprint density at radius 2 is 1.83 bits per heavy atom. The molecular formula is C14H26FN3. The minimum atomic E-state index is -0.189. The summed E-state index contributed by atoms with van der Waals surface area (Å²) in [6.07, 6.45) is 3.46. The molecular weight excluding hydrogens is 229 g/mol. The van der Waals surface area contributed by atoms with E-state index in [0.29, 0.717) is 17.8 Å². The van der Waals surface area contributed by atoms with Crippen molar-refractivity contribution < 1.29 is 4.39 Å². The van der Waals surface area contributed by atoms with Crippen molar-refractivity contribution in [2.75, 3.05) is 13.1 Å². The molecule has 0 aromatic carbocycles. The van der Waals surface area contributed by atoms with Crippen molar-refractivity contribution in [2.24, 2.45) is 0 Å². The summed E-state index contributed by atoms with van der Waals surface area (Å²) in [5.74, 6) is -0.189. The maximum Gasteiger partial charge on any atom is 0.163 e. The molecule has 0 aliphatic carbocycles. The standard InChI is InChI=1S/C12H20FN3.C2H6/c1-9(2)15-6-4-11(5-7-15)16-10(3)12(13)8-14-16;1-2/h8-9,11H,4-7H2,1-3H3;1-2H3. The van der Waals surface area contributed by atoms with Crippen LogP contribution in [0.1, 0.15) is 52.3 Å². The summed E-state index contributed by atoms with van der Waals surface area (Å²) in [4.78, 5) is 2.46. The van der Waals surface area contributed by atoms with E-state index in [-0.39, 0.29) is 5.82 Å². The van der Waals surface area contributed by atoms with Crippen LogP contribution in [-0.2, 0) is 0 Å². The molecule has 1 aliphatic heterocycles. The Morgan fingerprint density at radius 1 is 1.28 bits per heavy atom. The lowest BCUT2D eigenvalue weighted by molar-refractivity contribution is 0.146. The van der Waals surface area contributed by atoms with Crippen molar-refractivity contribution in [1.29, 1.82) is 0 Å². The van der Waals surface area contributed by atoms with Crippen LogP contribution in [0.15, 0.2) is 6.20 Å². The van der Waals surface area contributed by atoms with Gasteiger partial charge in [0, 0.05) is 19.1 Å². The molecule has 2 heterocycles. The molecule has 0 bridgehead atoms. The largest absolute Gasteiger partial charge is 0.301 e. The van der Waals surface area contributed by atoms with Gasteiger partial charge in [0.1, 0.15) is 0 Å². The third kappa shape index (κ3) is 3.31. The van der Waals surface area contributed by atoms with Crippen LogP contribution < -0.4 is 0 Å². The van der Waals surface area contributed by atoms with Crippen LogP contribution in [0.5, 0.6) is 0 Å². The van der Waals surface area contributed by atoms with Crippen molar-refractivity contribution in [2.45, 2.75) is 59.5 Å². The number of hydrogen-bond donors (Lipinski definition) is 0. The van der Waals surface area contributed by atoms with Gasteiger partial charge in [0.05, 0.1) is 17.9 Å². The fourth-order valence-corrected chi connectivity index (χ4v) is 2.42. The molecule has 1 fully saturated rings. The normalized spacial score (nSPS) is 17.7. The fraction of sp³-hybridized carbons (Fsp3) is 0.786. The van der Waals surface area contributed by atoms with Crippen molar-refractivity contribution in [3.8, 4) is 0 Å². The van der Waals surface area contributed by atoms with E-state index < -0.39 is 0 Å². The first-order chi connectivity index (χ1) is 8.59. The lowest BCUT2D eigenvalue weighted by Gasteiger charge is -2.34. The van der Waals surface area contributed by atoms with Gasteiger partial charge in [0.15, 0.2) is 5.82 Å². The molecule has 104 valence electrons.